The summed E-state index contributed by atoms with van der Waals surface area (Å²) in [5.74, 6) is -0.331. The van der Waals surface area contributed by atoms with Crippen LogP contribution in [-0.4, -0.2) is 66.0 Å². The third-order valence-electron chi connectivity index (χ3n) is 6.22. The number of halogens is 2. The van der Waals surface area contributed by atoms with E-state index >= 15 is 0 Å². The number of hydrogen-bond acceptors (Lipinski definition) is 5. The van der Waals surface area contributed by atoms with E-state index in [1.807, 2.05) is 64.0 Å². The molecule has 0 saturated carbocycles. The monoisotopic (exact) mass is 557 g/mol. The van der Waals surface area contributed by atoms with E-state index in [1.54, 1.807) is 16.8 Å². The van der Waals surface area contributed by atoms with Crippen molar-refractivity contribution in [2.45, 2.75) is 31.4 Å². The summed E-state index contributed by atoms with van der Waals surface area (Å²) >= 11 is 8.13. The average Bonchev–Trinajstić information content (AvgIpc) is 3.18. The molecule has 1 N–H and O–H groups in total. The van der Waals surface area contributed by atoms with Gasteiger partial charge >= 0.3 is 0 Å². The molecule has 1 aliphatic rings. The SMILES string of the molecule is CN(C)CCNC(=O)CN1C(=O)CS[C@@H](c2ccccc2Cl)c2c(C(C)(C)C)nn(-c3cccc(F)c3)c21. The van der Waals surface area contributed by atoms with Crippen LogP contribution in [0.5, 0.6) is 0 Å². The molecule has 2 heterocycles. The van der Waals surface area contributed by atoms with Gasteiger partial charge in [0.15, 0.2) is 0 Å². The van der Waals surface area contributed by atoms with Crippen molar-refractivity contribution in [2.75, 3.05) is 44.4 Å². The Kier molecular flexibility index (Phi) is 8.49. The fourth-order valence-corrected chi connectivity index (χ4v) is 5.96. The third kappa shape index (κ3) is 6.06. The van der Waals surface area contributed by atoms with Crippen molar-refractivity contribution in [3.8, 4) is 5.69 Å². The van der Waals surface area contributed by atoms with E-state index < -0.39 is 11.2 Å². The lowest BCUT2D eigenvalue weighted by Crippen LogP contribution is -2.43. The van der Waals surface area contributed by atoms with Gasteiger partial charge in [0, 0.05) is 29.1 Å². The van der Waals surface area contributed by atoms with Crippen molar-refractivity contribution in [3.05, 3.63) is 76.2 Å². The Morgan fingerprint density at radius 1 is 1.21 bits per heavy atom. The molecule has 0 spiro atoms. The number of benzene rings is 2. The second-order valence-electron chi connectivity index (χ2n) is 10.6. The van der Waals surface area contributed by atoms with Gasteiger partial charge in [0.05, 0.1) is 22.4 Å². The number of nitrogens with zero attached hydrogens (tertiary/aromatic N) is 4. The van der Waals surface area contributed by atoms with E-state index in [2.05, 4.69) is 5.32 Å². The Bertz CT molecular complexity index is 1340. The molecule has 2 amide bonds. The van der Waals surface area contributed by atoms with E-state index in [-0.39, 0.29) is 29.4 Å². The predicted molar refractivity (Wildman–Crippen MR) is 152 cm³/mol. The highest BCUT2D eigenvalue weighted by Crippen LogP contribution is 2.49. The first-order chi connectivity index (χ1) is 18.0. The van der Waals surface area contributed by atoms with Crippen molar-refractivity contribution in [1.82, 2.24) is 20.0 Å². The van der Waals surface area contributed by atoms with Gasteiger partial charge < -0.3 is 10.2 Å². The number of anilines is 1. The molecule has 0 unspecified atom stereocenters. The minimum absolute atomic E-state index is 0.141. The second-order valence-corrected chi connectivity index (χ2v) is 12.1. The number of carbonyl (C=O) groups is 2. The Balaban J connectivity index is 1.94. The molecule has 0 aliphatic carbocycles. The normalized spacial score (nSPS) is 15.9. The summed E-state index contributed by atoms with van der Waals surface area (Å²) in [5.41, 5.74) is 2.45. The number of nitrogens with one attached hydrogen (secondary N) is 1. The van der Waals surface area contributed by atoms with Crippen LogP contribution in [0.3, 0.4) is 0 Å². The highest BCUT2D eigenvalue weighted by Gasteiger charge is 2.40. The van der Waals surface area contributed by atoms with Gasteiger partial charge in [-0.3, -0.25) is 14.5 Å². The van der Waals surface area contributed by atoms with Gasteiger partial charge in [-0.15, -0.1) is 11.8 Å². The molecule has 1 aromatic heterocycles. The Morgan fingerprint density at radius 3 is 2.61 bits per heavy atom. The Hall–Kier alpha value is -2.88. The fraction of sp³-hybridized carbons (Fsp3) is 0.393. The maximum atomic E-state index is 14.4. The minimum Gasteiger partial charge on any atom is -0.353 e. The number of amides is 2. The molecule has 0 radical (unpaired) electrons. The molecule has 0 fully saturated rings. The molecule has 0 bridgehead atoms. The van der Waals surface area contributed by atoms with Crippen LogP contribution in [0.25, 0.3) is 5.69 Å². The summed E-state index contributed by atoms with van der Waals surface area (Å²) < 4.78 is 16.0. The van der Waals surface area contributed by atoms with E-state index in [1.165, 1.54) is 28.8 Å². The zero-order valence-electron chi connectivity index (χ0n) is 22.3. The fourth-order valence-electron chi connectivity index (χ4n) is 4.41. The summed E-state index contributed by atoms with van der Waals surface area (Å²) in [5, 5.41) is 8.12. The van der Waals surface area contributed by atoms with Gasteiger partial charge in [-0.2, -0.15) is 5.10 Å². The Labute approximate surface area is 232 Å². The van der Waals surface area contributed by atoms with Crippen LogP contribution >= 0.6 is 23.4 Å². The lowest BCUT2D eigenvalue weighted by molar-refractivity contribution is -0.122. The maximum Gasteiger partial charge on any atom is 0.240 e. The summed E-state index contributed by atoms with van der Waals surface area (Å²) in [6.07, 6.45) is 0. The van der Waals surface area contributed by atoms with E-state index in [4.69, 9.17) is 16.7 Å². The molecule has 4 rings (SSSR count). The van der Waals surface area contributed by atoms with Gasteiger partial charge in [-0.1, -0.05) is 56.6 Å². The highest BCUT2D eigenvalue weighted by atomic mass is 35.5. The molecular formula is C28H33ClFN5O2S. The molecule has 1 aliphatic heterocycles. The van der Waals surface area contributed by atoms with Crippen molar-refractivity contribution in [3.63, 3.8) is 0 Å². The highest BCUT2D eigenvalue weighted by molar-refractivity contribution is 8.00. The van der Waals surface area contributed by atoms with Gasteiger partial charge in [-0.05, 0) is 43.9 Å². The van der Waals surface area contributed by atoms with Gasteiger partial charge in [0.1, 0.15) is 18.2 Å². The zero-order chi connectivity index (χ0) is 27.6. The summed E-state index contributed by atoms with van der Waals surface area (Å²) in [6, 6.07) is 13.6. The number of rotatable bonds is 7. The van der Waals surface area contributed by atoms with E-state index in [0.29, 0.717) is 29.6 Å². The quantitative estimate of drug-likeness (QED) is 0.451. The van der Waals surface area contributed by atoms with Crippen LogP contribution in [0.2, 0.25) is 5.02 Å². The summed E-state index contributed by atoms with van der Waals surface area (Å²) in [6.45, 7) is 7.08. The third-order valence-corrected chi connectivity index (χ3v) is 7.80. The summed E-state index contributed by atoms with van der Waals surface area (Å²) in [7, 11) is 3.85. The van der Waals surface area contributed by atoms with Crippen LogP contribution in [0, 0.1) is 5.82 Å². The van der Waals surface area contributed by atoms with Crippen molar-refractivity contribution >= 4 is 41.0 Å². The van der Waals surface area contributed by atoms with E-state index in [0.717, 1.165) is 16.8 Å². The number of aromatic nitrogens is 2. The number of fused-ring (bicyclic) bond motifs is 1. The van der Waals surface area contributed by atoms with Crippen molar-refractivity contribution in [2.24, 2.45) is 0 Å². The first kappa shape index (κ1) is 28.1. The molecular weight excluding hydrogens is 525 g/mol. The largest absolute Gasteiger partial charge is 0.353 e. The Morgan fingerprint density at radius 2 is 1.95 bits per heavy atom. The predicted octanol–water partition coefficient (Wildman–Crippen LogP) is 4.81. The molecule has 1 atom stereocenters. The van der Waals surface area contributed by atoms with Crippen molar-refractivity contribution < 1.29 is 14.0 Å². The second kappa shape index (κ2) is 11.5. The van der Waals surface area contributed by atoms with Crippen LogP contribution in [0.4, 0.5) is 10.2 Å². The number of hydrogen-bond donors (Lipinski definition) is 1. The van der Waals surface area contributed by atoms with Crippen LogP contribution in [0.1, 0.15) is 42.8 Å². The topological polar surface area (TPSA) is 70.5 Å². The van der Waals surface area contributed by atoms with Gasteiger partial charge in [0.2, 0.25) is 11.8 Å². The molecule has 2 aromatic carbocycles. The minimum atomic E-state index is -0.422. The molecule has 3 aromatic rings. The van der Waals surface area contributed by atoms with Gasteiger partial charge in [0.25, 0.3) is 0 Å². The summed E-state index contributed by atoms with van der Waals surface area (Å²) in [4.78, 5) is 30.1. The molecule has 10 heteroatoms. The average molecular weight is 558 g/mol. The number of carbonyl (C=O) groups excluding carboxylic acids is 2. The zero-order valence-corrected chi connectivity index (χ0v) is 23.9. The molecule has 202 valence electrons. The lowest BCUT2D eigenvalue weighted by atomic mass is 9.87. The van der Waals surface area contributed by atoms with Crippen LogP contribution in [-0.2, 0) is 15.0 Å². The number of likely N-dealkylation sites (N-methyl/N-ethyl adjacent to an activating group) is 1. The number of thioether (sulfide) groups is 1. The molecule has 7 nitrogen and oxygen atoms in total. The van der Waals surface area contributed by atoms with E-state index in [9.17, 15) is 14.0 Å². The lowest BCUT2D eigenvalue weighted by Gasteiger charge is -2.25. The smallest absolute Gasteiger partial charge is 0.240 e. The first-order valence-corrected chi connectivity index (χ1v) is 13.9. The van der Waals surface area contributed by atoms with Crippen LogP contribution in [0.15, 0.2) is 48.5 Å². The van der Waals surface area contributed by atoms with Crippen molar-refractivity contribution in [1.29, 1.82) is 0 Å². The molecule has 0 saturated heterocycles. The maximum absolute atomic E-state index is 14.4. The molecule has 38 heavy (non-hydrogen) atoms. The van der Waals surface area contributed by atoms with Crippen LogP contribution < -0.4 is 10.2 Å². The van der Waals surface area contributed by atoms with Gasteiger partial charge in [-0.25, -0.2) is 9.07 Å². The first-order valence-electron chi connectivity index (χ1n) is 12.4. The standard InChI is InChI=1S/C28H33ClFN5O2S/c1-28(2,3)26-24-25(20-11-6-7-12-21(20)29)38-17-23(37)34(16-22(36)31-13-14-33(4)5)27(24)35(32-26)19-10-8-9-18(30)15-19/h6-12,15,25H,13-14,16-17H2,1-5H3,(H,31,36)/t25-/m0/s1.